The van der Waals surface area contributed by atoms with Crippen LogP contribution in [0, 0.1) is 53.4 Å². The van der Waals surface area contributed by atoms with Crippen molar-refractivity contribution in [2.45, 2.75) is 243 Å². The van der Waals surface area contributed by atoms with E-state index in [0.29, 0.717) is 24.0 Å². The standard InChI is InChI=1S/C41H62N2.2C13H18O4.Pd/c1-7-9-11-12-13-14-15-16-17-18-19-20-21-22-23-24-25-27-41(43-39-32-36(5)29-37(6)33-39)40(26-10-8-2)42-38-30-34(3)28-35(4)31-38;2*1-3-4-5-6-9-7-10(14)12(15)11(8(9)2)13(16)17;/h28-33H,7-24,26H2,1-6H3;2*7,14-15H,3-6H2,1-2H3,(H,16,17);/q;;;+2/p-2. The number of carbonyl (C=O) groups is 2. The van der Waals surface area contributed by atoms with Gasteiger partial charge in [0.25, 0.3) is 0 Å². The van der Waals surface area contributed by atoms with Crippen molar-refractivity contribution in [1.29, 1.82) is 0 Å². The topological polar surface area (TPSA) is 186 Å². The average Bonchev–Trinajstić information content (AvgIpc) is 3.36. The minimum Gasteiger partial charge on any atom is -0.869 e. The molecule has 432 valence electrons. The number of aromatic carboxylic acids is 2. The Kier molecular flexibility index (Phi) is 36.9. The van der Waals surface area contributed by atoms with Crippen LogP contribution in [0.25, 0.3) is 0 Å². The molecule has 0 radical (unpaired) electrons. The Morgan fingerprint density at radius 1 is 0.462 bits per heavy atom. The fraction of sp³-hybridized carbons (Fsp3) is 0.552. The number of nitrogens with zero attached hydrogens (tertiary/aromatic N) is 2. The fourth-order valence-corrected chi connectivity index (χ4v) is 9.54. The Balaban J connectivity index is 0.000000708. The minimum absolute atomic E-state index is 0. The Labute approximate surface area is 484 Å². The zero-order valence-electron chi connectivity index (χ0n) is 49.3. The predicted octanol–water partition coefficient (Wildman–Crippen LogP) is 17.6. The summed E-state index contributed by atoms with van der Waals surface area (Å²) in [5.74, 6) is 1.88. The van der Waals surface area contributed by atoms with Crippen LogP contribution in [0.1, 0.15) is 253 Å². The van der Waals surface area contributed by atoms with Gasteiger partial charge in [-0.15, -0.1) is 0 Å². The van der Waals surface area contributed by atoms with E-state index in [-0.39, 0.29) is 31.5 Å². The summed E-state index contributed by atoms with van der Waals surface area (Å²) in [6.45, 7) is 20.5. The molecule has 4 aromatic rings. The third-order valence-corrected chi connectivity index (χ3v) is 13.9. The number of unbranched alkanes of at least 4 members (excludes halogenated alkanes) is 20. The van der Waals surface area contributed by atoms with Crippen LogP contribution in [0.4, 0.5) is 11.4 Å². The number of carboxylic acids is 2. The first-order chi connectivity index (χ1) is 36.9. The van der Waals surface area contributed by atoms with Gasteiger partial charge in [0.1, 0.15) is 17.2 Å². The van der Waals surface area contributed by atoms with E-state index in [1.807, 2.05) is 0 Å². The van der Waals surface area contributed by atoms with Gasteiger partial charge in [0, 0.05) is 6.42 Å². The molecule has 0 spiro atoms. The van der Waals surface area contributed by atoms with Crippen molar-refractivity contribution in [2.24, 2.45) is 9.98 Å². The number of rotatable bonds is 31. The molecule has 0 atom stereocenters. The summed E-state index contributed by atoms with van der Waals surface area (Å²) in [5.41, 5.74) is 10.5. The number of hydrogen-bond acceptors (Lipinski definition) is 8. The molecule has 4 rings (SSSR count). The van der Waals surface area contributed by atoms with Crippen LogP contribution in [-0.2, 0) is 33.3 Å². The van der Waals surface area contributed by atoms with Crippen molar-refractivity contribution in [3.8, 4) is 34.8 Å². The molecule has 0 saturated carbocycles. The summed E-state index contributed by atoms with van der Waals surface area (Å²) >= 11 is 0. The number of aryl methyl sites for hydroxylation is 6. The molecule has 0 bridgehead atoms. The average molecular weight is 1160 g/mol. The molecule has 10 nitrogen and oxygen atoms in total. The van der Waals surface area contributed by atoms with Gasteiger partial charge in [0.2, 0.25) is 0 Å². The summed E-state index contributed by atoms with van der Waals surface area (Å²) < 4.78 is 0. The number of carboxylic acid groups (broad SMARTS) is 2. The van der Waals surface area contributed by atoms with Crippen LogP contribution in [0.15, 0.2) is 58.5 Å². The molecular formula is C67H96N2O8Pd. The van der Waals surface area contributed by atoms with Crippen LogP contribution in [0.3, 0.4) is 0 Å². The summed E-state index contributed by atoms with van der Waals surface area (Å²) in [7, 11) is 0. The molecule has 0 heterocycles. The van der Waals surface area contributed by atoms with E-state index in [0.717, 1.165) is 98.1 Å². The molecule has 0 aromatic heterocycles. The minimum atomic E-state index is -1.28. The molecule has 0 fully saturated rings. The van der Waals surface area contributed by atoms with Gasteiger partial charge < -0.3 is 30.6 Å². The van der Waals surface area contributed by atoms with Gasteiger partial charge in [-0.1, -0.05) is 179 Å². The molecule has 0 amide bonds. The number of hydrogen-bond donors (Lipinski definition) is 4. The quantitative estimate of drug-likeness (QED) is 0.0166. The summed E-state index contributed by atoms with van der Waals surface area (Å²) in [6.07, 6.45) is 32.2. The third-order valence-electron chi connectivity index (χ3n) is 13.9. The SMILES string of the molecule is CCCCCCCCCCCCCCCCCC#CC(=Nc1cc(C)cc(C)c1)C(CCCC)=Nc1cc(C)cc(C)c1.CCCCCc1cc(O)c([O-])c(C(=O)O)c1C.CCCCCc1cc(O)c([O-])c(C(=O)O)c1C.[Pd+2]. The van der Waals surface area contributed by atoms with Crippen molar-refractivity contribution in [3.05, 3.63) is 104 Å². The Hall–Kier alpha value is -5.42. The molecular weight excluding hydrogens is 1070 g/mol. The molecule has 4 aromatic carbocycles. The molecule has 4 N–H and O–H groups in total. The number of phenolic OH excluding ortho intramolecular Hbond substituents is 2. The summed E-state index contributed by atoms with van der Waals surface area (Å²) in [6, 6.07) is 15.8. The molecule has 0 saturated heterocycles. The largest absolute Gasteiger partial charge is 2.00 e. The van der Waals surface area contributed by atoms with Crippen LogP contribution >= 0.6 is 0 Å². The van der Waals surface area contributed by atoms with E-state index in [2.05, 4.69) is 104 Å². The maximum absolute atomic E-state index is 11.5. The second kappa shape index (κ2) is 40.7. The van der Waals surface area contributed by atoms with E-state index in [1.165, 1.54) is 131 Å². The molecule has 11 heteroatoms. The smallest absolute Gasteiger partial charge is 0.869 e. The molecule has 0 unspecified atom stereocenters. The van der Waals surface area contributed by atoms with E-state index < -0.39 is 34.9 Å². The monoisotopic (exact) mass is 1160 g/mol. The normalized spacial score (nSPS) is 11.2. The molecule has 0 aliphatic carbocycles. The Morgan fingerprint density at radius 3 is 1.15 bits per heavy atom. The second-order valence-corrected chi connectivity index (χ2v) is 21.1. The van der Waals surface area contributed by atoms with Gasteiger partial charge in [0.05, 0.1) is 28.2 Å². The zero-order chi connectivity index (χ0) is 57.1. The summed E-state index contributed by atoms with van der Waals surface area (Å²) in [4.78, 5) is 32.2. The van der Waals surface area contributed by atoms with Crippen molar-refractivity contribution in [3.63, 3.8) is 0 Å². The van der Waals surface area contributed by atoms with Crippen molar-refractivity contribution in [2.75, 3.05) is 0 Å². The van der Waals surface area contributed by atoms with E-state index in [4.69, 9.17) is 20.2 Å². The number of aromatic hydroxyl groups is 2. The summed E-state index contributed by atoms with van der Waals surface area (Å²) in [5, 5.41) is 59.7. The molecule has 78 heavy (non-hydrogen) atoms. The van der Waals surface area contributed by atoms with Crippen molar-refractivity contribution >= 4 is 34.7 Å². The van der Waals surface area contributed by atoms with Gasteiger partial charge in [-0.2, -0.15) is 0 Å². The van der Waals surface area contributed by atoms with Gasteiger partial charge in [-0.3, -0.25) is 4.99 Å². The first kappa shape index (κ1) is 70.6. The van der Waals surface area contributed by atoms with Crippen LogP contribution < -0.4 is 10.2 Å². The third kappa shape index (κ3) is 27.4. The predicted molar refractivity (Wildman–Crippen MR) is 318 cm³/mol. The van der Waals surface area contributed by atoms with Crippen LogP contribution in [0.5, 0.6) is 23.0 Å². The second-order valence-electron chi connectivity index (χ2n) is 21.1. The first-order valence-corrected chi connectivity index (χ1v) is 29.2. The number of aliphatic imine (C=N–C) groups is 2. The van der Waals surface area contributed by atoms with Crippen molar-refractivity contribution in [1.82, 2.24) is 0 Å². The van der Waals surface area contributed by atoms with E-state index >= 15 is 0 Å². The zero-order valence-corrected chi connectivity index (χ0v) is 50.9. The molecule has 0 aliphatic rings. The Bertz CT molecular complexity index is 2430. The van der Waals surface area contributed by atoms with Crippen LogP contribution in [0.2, 0.25) is 0 Å². The maximum Gasteiger partial charge on any atom is 2.00 e. The maximum atomic E-state index is 11.5. The number of benzene rings is 4. The van der Waals surface area contributed by atoms with E-state index in [1.54, 1.807) is 13.8 Å². The Morgan fingerprint density at radius 2 is 0.795 bits per heavy atom. The number of phenols is 2. The van der Waals surface area contributed by atoms with Gasteiger partial charge in [-0.05, 0) is 173 Å². The van der Waals surface area contributed by atoms with Crippen molar-refractivity contribution < 1.29 is 60.7 Å². The van der Waals surface area contributed by atoms with Gasteiger partial charge in [-0.25, -0.2) is 14.6 Å². The molecule has 0 aliphatic heterocycles. The van der Waals surface area contributed by atoms with Gasteiger partial charge in [0.15, 0.2) is 0 Å². The first-order valence-electron chi connectivity index (χ1n) is 29.2. The fourth-order valence-electron chi connectivity index (χ4n) is 9.54. The van der Waals surface area contributed by atoms with Crippen LogP contribution in [-0.4, -0.2) is 43.8 Å². The van der Waals surface area contributed by atoms with Gasteiger partial charge >= 0.3 is 32.4 Å². The van der Waals surface area contributed by atoms with E-state index in [9.17, 15) is 30.0 Å².